The molecule has 1 atom stereocenters. The predicted molar refractivity (Wildman–Crippen MR) is 71.7 cm³/mol. The number of halogens is 1. The van der Waals surface area contributed by atoms with Crippen LogP contribution in [-0.4, -0.2) is 35.5 Å². The summed E-state index contributed by atoms with van der Waals surface area (Å²) in [6, 6.07) is 5.15. The average molecular weight is 269 g/mol. The van der Waals surface area contributed by atoms with Crippen LogP contribution in [0.5, 0.6) is 0 Å². The first-order valence-corrected chi connectivity index (χ1v) is 6.40. The van der Waals surface area contributed by atoms with Gasteiger partial charge in [-0.25, -0.2) is 0 Å². The highest BCUT2D eigenvalue weighted by molar-refractivity contribution is 6.31. The summed E-state index contributed by atoms with van der Waals surface area (Å²) in [4.78, 5) is 13.7. The molecule has 0 saturated carbocycles. The van der Waals surface area contributed by atoms with Crippen molar-refractivity contribution in [2.24, 2.45) is 0 Å². The Morgan fingerprint density at radius 1 is 1.56 bits per heavy atom. The third-order valence-corrected chi connectivity index (χ3v) is 3.59. The average Bonchev–Trinajstić information content (AvgIpc) is 2.37. The highest BCUT2D eigenvalue weighted by Crippen LogP contribution is 2.22. The van der Waals surface area contributed by atoms with Gasteiger partial charge in [-0.15, -0.1) is 0 Å². The molecule has 0 aromatic heterocycles. The Morgan fingerprint density at radius 3 is 3.06 bits per heavy atom. The Kier molecular flexibility index (Phi) is 4.09. The van der Waals surface area contributed by atoms with Crippen molar-refractivity contribution >= 4 is 23.2 Å². The van der Waals surface area contributed by atoms with Crippen molar-refractivity contribution in [3.63, 3.8) is 0 Å². The molecular formula is C13H17ClN2O2. The second kappa shape index (κ2) is 5.59. The zero-order valence-corrected chi connectivity index (χ0v) is 11.1. The van der Waals surface area contributed by atoms with Gasteiger partial charge in [-0.05, 0) is 36.6 Å². The molecule has 2 N–H and O–H groups in total. The van der Waals surface area contributed by atoms with Crippen LogP contribution >= 0.6 is 11.6 Å². The maximum atomic E-state index is 11.9. The second-order valence-electron chi connectivity index (χ2n) is 4.56. The van der Waals surface area contributed by atoms with E-state index >= 15 is 0 Å². The molecule has 98 valence electrons. The summed E-state index contributed by atoms with van der Waals surface area (Å²) >= 11 is 5.93. The van der Waals surface area contributed by atoms with E-state index in [9.17, 15) is 4.79 Å². The van der Waals surface area contributed by atoms with Crippen LogP contribution in [0.2, 0.25) is 5.02 Å². The molecule has 5 heteroatoms. The van der Waals surface area contributed by atoms with Crippen LogP contribution in [0.4, 0.5) is 5.69 Å². The Labute approximate surface area is 112 Å². The molecular weight excluding hydrogens is 252 g/mol. The first kappa shape index (κ1) is 13.2. The van der Waals surface area contributed by atoms with Gasteiger partial charge in [0.05, 0.1) is 6.61 Å². The van der Waals surface area contributed by atoms with E-state index in [1.165, 1.54) is 0 Å². The van der Waals surface area contributed by atoms with Gasteiger partial charge in [0.1, 0.15) is 6.04 Å². The molecule has 18 heavy (non-hydrogen) atoms. The number of piperidine rings is 1. The third-order valence-electron chi connectivity index (χ3n) is 3.22. The fourth-order valence-corrected chi connectivity index (χ4v) is 2.33. The number of likely N-dealkylation sites (N-methyl/N-ethyl adjacent to an activating group) is 1. The molecule has 1 unspecified atom stereocenters. The summed E-state index contributed by atoms with van der Waals surface area (Å²) in [6.07, 6.45) is 1.83. The molecule has 1 aliphatic rings. The van der Waals surface area contributed by atoms with E-state index < -0.39 is 0 Å². The number of rotatable bonds is 3. The lowest BCUT2D eigenvalue weighted by Crippen LogP contribution is -2.45. The van der Waals surface area contributed by atoms with Gasteiger partial charge in [0.25, 0.3) is 0 Å². The first-order chi connectivity index (χ1) is 8.61. The SMILES string of the molecule is CN1CCCC(Nc2ccc(Cl)c(CO)c2)C1=O. The number of hydrogen-bond acceptors (Lipinski definition) is 3. The van der Waals surface area contributed by atoms with E-state index in [0.29, 0.717) is 10.6 Å². The molecule has 4 nitrogen and oxygen atoms in total. The van der Waals surface area contributed by atoms with E-state index in [-0.39, 0.29) is 18.6 Å². The monoisotopic (exact) mass is 268 g/mol. The van der Waals surface area contributed by atoms with Crippen molar-refractivity contribution in [1.29, 1.82) is 0 Å². The summed E-state index contributed by atoms with van der Waals surface area (Å²) < 4.78 is 0. The molecule has 0 bridgehead atoms. The van der Waals surface area contributed by atoms with Crippen LogP contribution < -0.4 is 5.32 Å². The lowest BCUT2D eigenvalue weighted by molar-refractivity contribution is -0.132. The fraction of sp³-hybridized carbons (Fsp3) is 0.462. The summed E-state index contributed by atoms with van der Waals surface area (Å²) in [7, 11) is 1.82. The highest BCUT2D eigenvalue weighted by atomic mass is 35.5. The smallest absolute Gasteiger partial charge is 0.244 e. The summed E-state index contributed by atoms with van der Waals surface area (Å²) in [5, 5.41) is 12.9. The Hall–Kier alpha value is -1.26. The maximum Gasteiger partial charge on any atom is 0.244 e. The summed E-state index contributed by atoms with van der Waals surface area (Å²) in [6.45, 7) is 0.715. The Bertz CT molecular complexity index is 451. The van der Waals surface area contributed by atoms with E-state index in [0.717, 1.165) is 25.1 Å². The molecule has 1 saturated heterocycles. The van der Waals surface area contributed by atoms with E-state index in [1.54, 1.807) is 17.0 Å². The van der Waals surface area contributed by atoms with Crippen LogP contribution in [0.1, 0.15) is 18.4 Å². The van der Waals surface area contributed by atoms with Gasteiger partial charge in [0.2, 0.25) is 5.91 Å². The number of hydrogen-bond donors (Lipinski definition) is 2. The normalized spacial score (nSPS) is 20.1. The van der Waals surface area contributed by atoms with Crippen molar-refractivity contribution < 1.29 is 9.90 Å². The molecule has 1 heterocycles. The third kappa shape index (κ3) is 2.76. The molecule has 1 fully saturated rings. The highest BCUT2D eigenvalue weighted by Gasteiger charge is 2.25. The van der Waals surface area contributed by atoms with Crippen LogP contribution in [-0.2, 0) is 11.4 Å². The number of nitrogens with zero attached hydrogens (tertiary/aromatic N) is 1. The maximum absolute atomic E-state index is 11.9. The standard InChI is InChI=1S/C13H17ClN2O2/c1-16-6-2-3-12(13(16)18)15-10-4-5-11(14)9(7-10)8-17/h4-5,7,12,15,17H,2-3,6,8H2,1H3. The van der Waals surface area contributed by atoms with Crippen molar-refractivity contribution in [1.82, 2.24) is 4.90 Å². The van der Waals surface area contributed by atoms with Crippen molar-refractivity contribution in [3.05, 3.63) is 28.8 Å². The number of anilines is 1. The van der Waals surface area contributed by atoms with Gasteiger partial charge in [0, 0.05) is 24.3 Å². The predicted octanol–water partition coefficient (Wildman–Crippen LogP) is 1.86. The molecule has 1 aromatic carbocycles. The van der Waals surface area contributed by atoms with Crippen LogP contribution in [0, 0.1) is 0 Å². The van der Waals surface area contributed by atoms with E-state index in [1.807, 2.05) is 13.1 Å². The number of aliphatic hydroxyl groups is 1. The van der Waals surface area contributed by atoms with Crippen LogP contribution in [0.3, 0.4) is 0 Å². The number of nitrogens with one attached hydrogen (secondary N) is 1. The van der Waals surface area contributed by atoms with Gasteiger partial charge >= 0.3 is 0 Å². The lowest BCUT2D eigenvalue weighted by Gasteiger charge is -2.30. The van der Waals surface area contributed by atoms with Gasteiger partial charge in [-0.2, -0.15) is 0 Å². The van der Waals surface area contributed by atoms with Crippen LogP contribution in [0.15, 0.2) is 18.2 Å². The van der Waals surface area contributed by atoms with Crippen LogP contribution in [0.25, 0.3) is 0 Å². The Balaban J connectivity index is 2.11. The molecule has 1 aliphatic heterocycles. The summed E-state index contributed by atoms with van der Waals surface area (Å²) in [5.41, 5.74) is 1.48. The molecule has 1 amide bonds. The number of benzene rings is 1. The first-order valence-electron chi connectivity index (χ1n) is 6.02. The number of carbonyl (C=O) groups excluding carboxylic acids is 1. The minimum absolute atomic E-state index is 0.104. The minimum atomic E-state index is -0.184. The second-order valence-corrected chi connectivity index (χ2v) is 4.97. The zero-order chi connectivity index (χ0) is 13.1. The van der Waals surface area contributed by atoms with Crippen molar-refractivity contribution in [2.45, 2.75) is 25.5 Å². The van der Waals surface area contributed by atoms with Gasteiger partial charge in [0.15, 0.2) is 0 Å². The fourth-order valence-electron chi connectivity index (χ4n) is 2.15. The van der Waals surface area contributed by atoms with Crippen molar-refractivity contribution in [3.8, 4) is 0 Å². The van der Waals surface area contributed by atoms with Gasteiger partial charge < -0.3 is 15.3 Å². The molecule has 1 aromatic rings. The summed E-state index contributed by atoms with van der Waals surface area (Å²) in [5.74, 6) is 0.113. The minimum Gasteiger partial charge on any atom is -0.392 e. The number of aliphatic hydroxyl groups excluding tert-OH is 1. The van der Waals surface area contributed by atoms with E-state index in [4.69, 9.17) is 16.7 Å². The largest absolute Gasteiger partial charge is 0.392 e. The van der Waals surface area contributed by atoms with Gasteiger partial charge in [-0.3, -0.25) is 4.79 Å². The lowest BCUT2D eigenvalue weighted by atomic mass is 10.0. The molecule has 0 spiro atoms. The number of amides is 1. The number of carbonyl (C=O) groups is 1. The van der Waals surface area contributed by atoms with Crippen molar-refractivity contribution in [2.75, 3.05) is 18.9 Å². The quantitative estimate of drug-likeness (QED) is 0.880. The molecule has 0 radical (unpaired) electrons. The van der Waals surface area contributed by atoms with Gasteiger partial charge in [-0.1, -0.05) is 11.6 Å². The Morgan fingerprint density at radius 2 is 2.33 bits per heavy atom. The molecule has 2 rings (SSSR count). The zero-order valence-electron chi connectivity index (χ0n) is 10.3. The number of likely N-dealkylation sites (tertiary alicyclic amines) is 1. The van der Waals surface area contributed by atoms with E-state index in [2.05, 4.69) is 5.32 Å². The topological polar surface area (TPSA) is 52.6 Å². The molecule has 0 aliphatic carbocycles.